The van der Waals surface area contributed by atoms with Gasteiger partial charge in [-0.3, -0.25) is 9.52 Å². The van der Waals surface area contributed by atoms with Crippen LogP contribution in [0.2, 0.25) is 0 Å². The molecule has 0 aliphatic heterocycles. The second-order valence-electron chi connectivity index (χ2n) is 6.57. The van der Waals surface area contributed by atoms with Crippen LogP contribution in [0.5, 0.6) is 5.75 Å². The van der Waals surface area contributed by atoms with Crippen LogP contribution >= 0.6 is 0 Å². The molecule has 3 rings (SSSR count). The topological polar surface area (TPSA) is 84.5 Å². The van der Waals surface area contributed by atoms with Crippen molar-refractivity contribution in [3.8, 4) is 5.75 Å². The van der Waals surface area contributed by atoms with Crippen LogP contribution in [-0.2, 0) is 14.8 Å². The largest absolute Gasteiger partial charge is 0.494 e. The van der Waals surface area contributed by atoms with Gasteiger partial charge in [0, 0.05) is 17.8 Å². The third kappa shape index (κ3) is 6.51. The molecule has 0 saturated heterocycles. The predicted molar refractivity (Wildman–Crippen MR) is 113 cm³/mol. The second-order valence-corrected chi connectivity index (χ2v) is 8.25. The molecule has 3 aromatic carbocycles. The molecule has 9 heteroatoms. The Labute approximate surface area is 178 Å². The van der Waals surface area contributed by atoms with Crippen LogP contribution in [0.4, 0.5) is 20.2 Å². The number of carbonyl (C=O) groups is 1. The molecule has 6 nitrogen and oxygen atoms in total. The van der Waals surface area contributed by atoms with Gasteiger partial charge in [-0.05, 0) is 61.0 Å². The fourth-order valence-electron chi connectivity index (χ4n) is 2.64. The van der Waals surface area contributed by atoms with E-state index in [2.05, 4.69) is 10.0 Å². The summed E-state index contributed by atoms with van der Waals surface area (Å²) in [6.07, 6.45) is 0.796. The molecule has 0 fully saturated rings. The lowest BCUT2D eigenvalue weighted by Crippen LogP contribution is -2.14. The highest BCUT2D eigenvalue weighted by atomic mass is 32.2. The standard InChI is InChI=1S/C22H20F2N2O4S/c23-20-13-12-19(15-21(20)24)31(28,29)26-17-10-8-16(9-11-17)25-22(27)7-4-14-30-18-5-2-1-3-6-18/h1-3,5-6,8-13,15,26H,4,7,14H2,(H,25,27). The predicted octanol–water partition coefficient (Wildman–Crippen LogP) is 4.56. The third-order valence-corrected chi connectivity index (χ3v) is 5.56. The van der Waals surface area contributed by atoms with Crippen LogP contribution in [0.15, 0.2) is 77.7 Å². The second kappa shape index (κ2) is 10.0. The number of benzene rings is 3. The molecule has 0 heterocycles. The van der Waals surface area contributed by atoms with E-state index in [1.54, 1.807) is 0 Å². The number of sulfonamides is 1. The van der Waals surface area contributed by atoms with Gasteiger partial charge in [0.15, 0.2) is 11.6 Å². The monoisotopic (exact) mass is 446 g/mol. The summed E-state index contributed by atoms with van der Waals surface area (Å²) < 4.78 is 58.7. The molecule has 0 bridgehead atoms. The van der Waals surface area contributed by atoms with Gasteiger partial charge in [-0.25, -0.2) is 17.2 Å². The summed E-state index contributed by atoms with van der Waals surface area (Å²) in [6.45, 7) is 0.405. The van der Waals surface area contributed by atoms with E-state index in [4.69, 9.17) is 4.74 Å². The molecule has 0 aliphatic carbocycles. The molecule has 0 saturated carbocycles. The maximum absolute atomic E-state index is 13.3. The Morgan fingerprint density at radius 3 is 2.23 bits per heavy atom. The third-order valence-electron chi connectivity index (χ3n) is 4.18. The van der Waals surface area contributed by atoms with Crippen LogP contribution in [0.1, 0.15) is 12.8 Å². The number of amides is 1. The van der Waals surface area contributed by atoms with Crippen molar-refractivity contribution in [2.24, 2.45) is 0 Å². The van der Waals surface area contributed by atoms with E-state index in [1.165, 1.54) is 24.3 Å². The van der Waals surface area contributed by atoms with Crippen LogP contribution in [-0.4, -0.2) is 20.9 Å². The Morgan fingerprint density at radius 2 is 1.55 bits per heavy atom. The number of hydrogen-bond acceptors (Lipinski definition) is 4. The van der Waals surface area contributed by atoms with Crippen molar-refractivity contribution in [3.63, 3.8) is 0 Å². The summed E-state index contributed by atoms with van der Waals surface area (Å²) in [7, 11) is -4.08. The van der Waals surface area contributed by atoms with Gasteiger partial charge < -0.3 is 10.1 Å². The first-order valence-electron chi connectivity index (χ1n) is 9.39. The maximum Gasteiger partial charge on any atom is 0.261 e. The first kappa shape index (κ1) is 22.2. The molecule has 1 amide bonds. The number of nitrogens with one attached hydrogen (secondary N) is 2. The van der Waals surface area contributed by atoms with Crippen molar-refractivity contribution in [2.75, 3.05) is 16.6 Å². The summed E-state index contributed by atoms with van der Waals surface area (Å²) in [5, 5.41) is 2.71. The van der Waals surface area contributed by atoms with Crippen LogP contribution in [0.25, 0.3) is 0 Å². The molecule has 0 unspecified atom stereocenters. The average molecular weight is 446 g/mol. The number of anilines is 2. The van der Waals surface area contributed by atoms with E-state index in [-0.39, 0.29) is 18.0 Å². The molecular formula is C22H20F2N2O4S. The number of rotatable bonds is 9. The summed E-state index contributed by atoms with van der Waals surface area (Å²) in [5.41, 5.74) is 0.698. The van der Waals surface area contributed by atoms with E-state index < -0.39 is 26.6 Å². The van der Waals surface area contributed by atoms with Gasteiger partial charge in [0.05, 0.1) is 11.5 Å². The minimum atomic E-state index is -4.08. The molecule has 162 valence electrons. The molecule has 3 aromatic rings. The van der Waals surface area contributed by atoms with Gasteiger partial charge in [-0.1, -0.05) is 18.2 Å². The Kier molecular flexibility index (Phi) is 7.19. The SMILES string of the molecule is O=C(CCCOc1ccccc1)Nc1ccc(NS(=O)(=O)c2ccc(F)c(F)c2)cc1. The average Bonchev–Trinajstić information content (AvgIpc) is 2.75. The van der Waals surface area contributed by atoms with Crippen molar-refractivity contribution in [1.82, 2.24) is 0 Å². The molecule has 31 heavy (non-hydrogen) atoms. The molecule has 0 aliphatic rings. The zero-order valence-corrected chi connectivity index (χ0v) is 17.2. The number of ether oxygens (including phenoxy) is 1. The molecule has 2 N–H and O–H groups in total. The lowest BCUT2D eigenvalue weighted by molar-refractivity contribution is -0.116. The quantitative estimate of drug-likeness (QED) is 0.472. The minimum Gasteiger partial charge on any atom is -0.494 e. The molecule has 0 aromatic heterocycles. The van der Waals surface area contributed by atoms with Crippen molar-refractivity contribution in [3.05, 3.63) is 84.4 Å². The van der Waals surface area contributed by atoms with E-state index >= 15 is 0 Å². The summed E-state index contributed by atoms with van der Waals surface area (Å²) in [4.78, 5) is 11.6. The van der Waals surface area contributed by atoms with Crippen molar-refractivity contribution in [1.29, 1.82) is 0 Å². The highest BCUT2D eigenvalue weighted by Gasteiger charge is 2.16. The lowest BCUT2D eigenvalue weighted by Gasteiger charge is -2.10. The Balaban J connectivity index is 1.49. The number of carbonyl (C=O) groups excluding carboxylic acids is 1. The fourth-order valence-corrected chi connectivity index (χ4v) is 3.71. The van der Waals surface area contributed by atoms with Crippen LogP contribution in [0, 0.1) is 11.6 Å². The zero-order chi connectivity index (χ0) is 22.3. The molecule has 0 spiro atoms. The highest BCUT2D eigenvalue weighted by Crippen LogP contribution is 2.20. The number of para-hydroxylation sites is 1. The van der Waals surface area contributed by atoms with E-state index in [1.807, 2.05) is 30.3 Å². The molecule has 0 radical (unpaired) electrons. The van der Waals surface area contributed by atoms with E-state index in [0.29, 0.717) is 24.8 Å². The maximum atomic E-state index is 13.3. The van der Waals surface area contributed by atoms with Crippen molar-refractivity contribution < 1.29 is 26.7 Å². The van der Waals surface area contributed by atoms with Gasteiger partial charge in [0.1, 0.15) is 5.75 Å². The lowest BCUT2D eigenvalue weighted by atomic mass is 10.2. The van der Waals surface area contributed by atoms with E-state index in [0.717, 1.165) is 17.9 Å². The van der Waals surface area contributed by atoms with E-state index in [9.17, 15) is 22.0 Å². The summed E-state index contributed by atoms with van der Waals surface area (Å²) in [5.74, 6) is -1.85. The van der Waals surface area contributed by atoms with Gasteiger partial charge in [-0.2, -0.15) is 0 Å². The van der Waals surface area contributed by atoms with Crippen molar-refractivity contribution in [2.45, 2.75) is 17.7 Å². The van der Waals surface area contributed by atoms with Gasteiger partial charge >= 0.3 is 0 Å². The molecule has 0 atom stereocenters. The first-order chi connectivity index (χ1) is 14.8. The first-order valence-corrected chi connectivity index (χ1v) is 10.9. The Bertz CT molecular complexity index is 1140. The van der Waals surface area contributed by atoms with Gasteiger partial charge in [0.25, 0.3) is 10.0 Å². The van der Waals surface area contributed by atoms with Gasteiger partial charge in [-0.15, -0.1) is 0 Å². The van der Waals surface area contributed by atoms with Gasteiger partial charge in [0.2, 0.25) is 5.91 Å². The Morgan fingerprint density at radius 1 is 0.871 bits per heavy atom. The fraction of sp³-hybridized carbons (Fsp3) is 0.136. The smallest absolute Gasteiger partial charge is 0.261 e. The van der Waals surface area contributed by atoms with Crippen LogP contribution in [0.3, 0.4) is 0 Å². The van der Waals surface area contributed by atoms with Crippen molar-refractivity contribution >= 4 is 27.3 Å². The van der Waals surface area contributed by atoms with Crippen LogP contribution < -0.4 is 14.8 Å². The number of halogens is 2. The zero-order valence-electron chi connectivity index (χ0n) is 16.3. The Hall–Kier alpha value is -3.46. The normalized spacial score (nSPS) is 11.0. The summed E-state index contributed by atoms with van der Waals surface area (Å²) >= 11 is 0. The summed E-state index contributed by atoms with van der Waals surface area (Å²) in [6, 6.07) is 17.6. The highest BCUT2D eigenvalue weighted by molar-refractivity contribution is 7.92. The number of hydrogen-bond donors (Lipinski definition) is 2. The minimum absolute atomic E-state index is 0.202. The molecular weight excluding hydrogens is 426 g/mol.